The van der Waals surface area contributed by atoms with E-state index in [1.165, 1.54) is 12.1 Å². The molecule has 2 fully saturated rings. The van der Waals surface area contributed by atoms with Gasteiger partial charge in [0.15, 0.2) is 0 Å². The molecule has 0 spiro atoms. The third kappa shape index (κ3) is 4.20. The highest BCUT2D eigenvalue weighted by Gasteiger charge is 2.28. The molecule has 0 N–H and O–H groups in total. The number of amides is 1. The van der Waals surface area contributed by atoms with Crippen LogP contribution in [0.1, 0.15) is 26.2 Å². The Hall–Kier alpha value is -1.75. The van der Waals surface area contributed by atoms with Crippen LogP contribution in [0.3, 0.4) is 0 Å². The molecule has 0 unspecified atom stereocenters. The Kier molecular flexibility index (Phi) is 5.96. The summed E-state index contributed by atoms with van der Waals surface area (Å²) in [4.78, 5) is 18.8. The van der Waals surface area contributed by atoms with Gasteiger partial charge in [-0.15, -0.1) is 0 Å². The molecule has 24 heavy (non-hydrogen) atoms. The summed E-state index contributed by atoms with van der Waals surface area (Å²) < 4.78 is 5.11. The smallest absolute Gasteiger partial charge is 0.409 e. The third-order valence-electron chi connectivity index (χ3n) is 5.16. The SMILES string of the molecule is CCOC(=O)N1CCC(N2CCCN(c3ccccc3)CC2)CC1. The Labute approximate surface area is 145 Å². The molecule has 2 saturated heterocycles. The highest BCUT2D eigenvalue weighted by atomic mass is 16.6. The summed E-state index contributed by atoms with van der Waals surface area (Å²) in [5.41, 5.74) is 1.33. The van der Waals surface area contributed by atoms with Gasteiger partial charge in [0, 0.05) is 51.0 Å². The van der Waals surface area contributed by atoms with E-state index in [1.54, 1.807) is 0 Å². The van der Waals surface area contributed by atoms with Gasteiger partial charge < -0.3 is 14.5 Å². The maximum atomic E-state index is 11.8. The summed E-state index contributed by atoms with van der Waals surface area (Å²) in [6, 6.07) is 11.3. The van der Waals surface area contributed by atoms with Crippen LogP contribution in [0.25, 0.3) is 0 Å². The molecule has 5 heteroatoms. The summed E-state index contributed by atoms with van der Waals surface area (Å²) >= 11 is 0. The van der Waals surface area contributed by atoms with Crippen molar-refractivity contribution in [2.45, 2.75) is 32.2 Å². The number of ether oxygens (including phenoxy) is 1. The zero-order valence-electron chi connectivity index (χ0n) is 14.7. The van der Waals surface area contributed by atoms with Crippen LogP contribution in [-0.2, 0) is 4.74 Å². The van der Waals surface area contributed by atoms with Crippen molar-refractivity contribution in [3.8, 4) is 0 Å². The second kappa shape index (κ2) is 8.38. The van der Waals surface area contributed by atoms with Crippen LogP contribution in [0.4, 0.5) is 10.5 Å². The number of nitrogens with zero attached hydrogens (tertiary/aromatic N) is 3. The maximum Gasteiger partial charge on any atom is 0.409 e. The van der Waals surface area contributed by atoms with Crippen LogP contribution in [0.15, 0.2) is 30.3 Å². The van der Waals surface area contributed by atoms with E-state index in [-0.39, 0.29) is 6.09 Å². The number of carbonyl (C=O) groups excluding carboxylic acids is 1. The van der Waals surface area contributed by atoms with E-state index in [0.29, 0.717) is 12.6 Å². The molecule has 1 aromatic carbocycles. The van der Waals surface area contributed by atoms with Crippen molar-refractivity contribution < 1.29 is 9.53 Å². The van der Waals surface area contributed by atoms with Gasteiger partial charge in [-0.2, -0.15) is 0 Å². The van der Waals surface area contributed by atoms with E-state index < -0.39 is 0 Å². The van der Waals surface area contributed by atoms with Crippen molar-refractivity contribution in [1.82, 2.24) is 9.80 Å². The Balaban J connectivity index is 1.49. The Morgan fingerprint density at radius 1 is 1.04 bits per heavy atom. The van der Waals surface area contributed by atoms with Gasteiger partial charge in [0.1, 0.15) is 0 Å². The molecule has 0 radical (unpaired) electrons. The molecule has 1 aromatic rings. The molecule has 0 bridgehead atoms. The van der Waals surface area contributed by atoms with Gasteiger partial charge in [0.25, 0.3) is 0 Å². The minimum absolute atomic E-state index is 0.151. The van der Waals surface area contributed by atoms with E-state index in [4.69, 9.17) is 4.74 Å². The van der Waals surface area contributed by atoms with E-state index in [9.17, 15) is 4.79 Å². The summed E-state index contributed by atoms with van der Waals surface area (Å²) in [5.74, 6) is 0. The van der Waals surface area contributed by atoms with E-state index in [1.807, 2.05) is 11.8 Å². The molecular formula is C19H29N3O2. The van der Waals surface area contributed by atoms with Crippen molar-refractivity contribution in [2.75, 3.05) is 50.8 Å². The van der Waals surface area contributed by atoms with Crippen molar-refractivity contribution in [1.29, 1.82) is 0 Å². The highest BCUT2D eigenvalue weighted by molar-refractivity contribution is 5.67. The molecule has 0 aliphatic carbocycles. The third-order valence-corrected chi connectivity index (χ3v) is 5.16. The lowest BCUT2D eigenvalue weighted by Gasteiger charge is -2.37. The first-order chi connectivity index (χ1) is 11.8. The molecule has 0 aromatic heterocycles. The van der Waals surface area contributed by atoms with Gasteiger partial charge in [0.05, 0.1) is 6.61 Å². The number of benzene rings is 1. The van der Waals surface area contributed by atoms with Gasteiger partial charge in [-0.1, -0.05) is 18.2 Å². The van der Waals surface area contributed by atoms with Gasteiger partial charge in [-0.25, -0.2) is 4.79 Å². The average molecular weight is 331 g/mol. The second-order valence-corrected chi connectivity index (χ2v) is 6.63. The number of anilines is 1. The second-order valence-electron chi connectivity index (χ2n) is 6.63. The maximum absolute atomic E-state index is 11.8. The van der Waals surface area contributed by atoms with Crippen molar-refractivity contribution in [2.24, 2.45) is 0 Å². The highest BCUT2D eigenvalue weighted by Crippen LogP contribution is 2.21. The lowest BCUT2D eigenvalue weighted by molar-refractivity contribution is 0.0765. The molecule has 3 rings (SSSR count). The van der Waals surface area contributed by atoms with Crippen LogP contribution in [0.5, 0.6) is 0 Å². The molecule has 5 nitrogen and oxygen atoms in total. The normalized spacial score (nSPS) is 20.7. The number of likely N-dealkylation sites (tertiary alicyclic amines) is 1. The minimum atomic E-state index is -0.151. The minimum Gasteiger partial charge on any atom is -0.450 e. The lowest BCUT2D eigenvalue weighted by atomic mass is 10.0. The molecule has 0 atom stereocenters. The molecule has 1 amide bonds. The van der Waals surface area contributed by atoms with Crippen LogP contribution >= 0.6 is 0 Å². The summed E-state index contributed by atoms with van der Waals surface area (Å²) in [6.07, 6.45) is 3.17. The van der Waals surface area contributed by atoms with Gasteiger partial charge in [-0.3, -0.25) is 4.90 Å². The quantitative estimate of drug-likeness (QED) is 0.853. The summed E-state index contributed by atoms with van der Waals surface area (Å²) in [6.45, 7) is 8.45. The number of hydrogen-bond acceptors (Lipinski definition) is 4. The van der Waals surface area contributed by atoms with E-state index in [2.05, 4.69) is 40.1 Å². The Morgan fingerprint density at radius 3 is 2.50 bits per heavy atom. The number of rotatable bonds is 3. The molecule has 2 heterocycles. The van der Waals surface area contributed by atoms with Crippen LogP contribution in [0, 0.1) is 0 Å². The largest absolute Gasteiger partial charge is 0.450 e. The van der Waals surface area contributed by atoms with Crippen molar-refractivity contribution in [3.63, 3.8) is 0 Å². The fourth-order valence-corrected chi connectivity index (χ4v) is 3.83. The molecule has 2 aliphatic heterocycles. The summed E-state index contributed by atoms with van der Waals surface area (Å²) in [7, 11) is 0. The van der Waals surface area contributed by atoms with E-state index in [0.717, 1.165) is 52.1 Å². The monoisotopic (exact) mass is 331 g/mol. The summed E-state index contributed by atoms with van der Waals surface area (Å²) in [5, 5.41) is 0. The topological polar surface area (TPSA) is 36.0 Å². The number of para-hydroxylation sites is 1. The Morgan fingerprint density at radius 2 is 1.79 bits per heavy atom. The number of piperidine rings is 1. The first-order valence-corrected chi connectivity index (χ1v) is 9.23. The number of carbonyl (C=O) groups is 1. The van der Waals surface area contributed by atoms with Crippen molar-refractivity contribution >= 4 is 11.8 Å². The fraction of sp³-hybridized carbons (Fsp3) is 0.632. The van der Waals surface area contributed by atoms with Crippen LogP contribution < -0.4 is 4.90 Å². The van der Waals surface area contributed by atoms with Crippen molar-refractivity contribution in [3.05, 3.63) is 30.3 Å². The zero-order chi connectivity index (χ0) is 16.8. The van der Waals surface area contributed by atoms with E-state index >= 15 is 0 Å². The Bertz CT molecular complexity index is 515. The van der Waals surface area contributed by atoms with Gasteiger partial charge in [-0.05, 0) is 38.3 Å². The van der Waals surface area contributed by atoms with Gasteiger partial charge in [0.2, 0.25) is 0 Å². The average Bonchev–Trinajstić information content (AvgIpc) is 2.89. The first-order valence-electron chi connectivity index (χ1n) is 9.23. The first kappa shape index (κ1) is 17.1. The number of hydrogen-bond donors (Lipinski definition) is 0. The molecule has 132 valence electrons. The van der Waals surface area contributed by atoms with Crippen LogP contribution in [-0.4, -0.2) is 67.8 Å². The zero-order valence-corrected chi connectivity index (χ0v) is 14.7. The molecule has 0 saturated carbocycles. The van der Waals surface area contributed by atoms with Crippen LogP contribution in [0.2, 0.25) is 0 Å². The predicted molar refractivity (Wildman–Crippen MR) is 96.5 cm³/mol. The lowest BCUT2D eigenvalue weighted by Crippen LogP contribution is -2.47. The molecular weight excluding hydrogens is 302 g/mol. The molecule has 2 aliphatic rings. The predicted octanol–water partition coefficient (Wildman–Crippen LogP) is 2.82. The standard InChI is InChI=1S/C19H29N3O2/c1-2-24-19(23)22-13-9-18(10-14-22)21-12-6-11-20(15-16-21)17-7-4-3-5-8-17/h3-5,7-8,18H,2,6,9-16H2,1H3. The fourth-order valence-electron chi connectivity index (χ4n) is 3.83. The van der Waals surface area contributed by atoms with Gasteiger partial charge >= 0.3 is 6.09 Å².